The lowest BCUT2D eigenvalue weighted by atomic mass is 10.1. The minimum Gasteiger partial charge on any atom is -0.356 e. The second-order valence-electron chi connectivity index (χ2n) is 5.61. The predicted molar refractivity (Wildman–Crippen MR) is 71.4 cm³/mol. The fourth-order valence-electron chi connectivity index (χ4n) is 2.27. The van der Waals surface area contributed by atoms with Gasteiger partial charge in [0.15, 0.2) is 0 Å². The van der Waals surface area contributed by atoms with E-state index in [-0.39, 0.29) is 5.91 Å². The number of aromatic nitrogens is 2. The minimum absolute atomic E-state index is 0.145. The Morgan fingerprint density at radius 1 is 1.56 bits per heavy atom. The van der Waals surface area contributed by atoms with E-state index in [0.29, 0.717) is 24.9 Å². The van der Waals surface area contributed by atoms with Crippen molar-refractivity contribution in [2.75, 3.05) is 6.54 Å². The Morgan fingerprint density at radius 3 is 2.89 bits per heavy atom. The molecule has 1 N–H and O–H groups in total. The van der Waals surface area contributed by atoms with E-state index < -0.39 is 0 Å². The highest BCUT2D eigenvalue weighted by Crippen LogP contribution is 2.36. The molecule has 0 unspecified atom stereocenters. The van der Waals surface area contributed by atoms with Crippen LogP contribution in [0, 0.1) is 12.8 Å². The normalized spacial score (nSPS) is 15.1. The summed E-state index contributed by atoms with van der Waals surface area (Å²) < 4.78 is 2.33. The third kappa shape index (κ3) is 3.34. The molecule has 100 valence electrons. The van der Waals surface area contributed by atoms with Crippen molar-refractivity contribution >= 4 is 5.91 Å². The van der Waals surface area contributed by atoms with E-state index in [9.17, 15) is 4.79 Å². The Hall–Kier alpha value is -1.32. The van der Waals surface area contributed by atoms with Crippen molar-refractivity contribution in [1.82, 2.24) is 14.9 Å². The van der Waals surface area contributed by atoms with Crippen molar-refractivity contribution < 1.29 is 4.79 Å². The van der Waals surface area contributed by atoms with Crippen molar-refractivity contribution in [3.05, 3.63) is 17.7 Å². The summed E-state index contributed by atoms with van der Waals surface area (Å²) >= 11 is 0. The molecule has 4 nitrogen and oxygen atoms in total. The van der Waals surface area contributed by atoms with E-state index in [1.807, 2.05) is 6.20 Å². The molecule has 1 aliphatic rings. The largest absolute Gasteiger partial charge is 0.356 e. The van der Waals surface area contributed by atoms with Crippen LogP contribution < -0.4 is 5.32 Å². The molecule has 0 bridgehead atoms. The van der Waals surface area contributed by atoms with E-state index in [4.69, 9.17) is 0 Å². The van der Waals surface area contributed by atoms with Crippen LogP contribution in [0.15, 0.2) is 6.20 Å². The number of aryl methyl sites for hydroxylation is 1. The Balaban J connectivity index is 1.81. The fraction of sp³-hybridized carbons (Fsp3) is 0.714. The van der Waals surface area contributed by atoms with Crippen molar-refractivity contribution in [3.8, 4) is 0 Å². The van der Waals surface area contributed by atoms with Gasteiger partial charge in [-0.15, -0.1) is 0 Å². The van der Waals surface area contributed by atoms with Gasteiger partial charge in [0.05, 0.1) is 0 Å². The van der Waals surface area contributed by atoms with E-state index in [1.54, 1.807) is 0 Å². The zero-order chi connectivity index (χ0) is 13.1. The standard InChI is InChI=1S/C14H23N3O/c1-10(2)8-14(18)15-7-6-13-16-9-11(3)17(13)12-4-5-12/h9-10,12H,4-8H2,1-3H3,(H,15,18). The fourth-order valence-corrected chi connectivity index (χ4v) is 2.27. The molecule has 1 aliphatic carbocycles. The topological polar surface area (TPSA) is 46.9 Å². The second kappa shape index (κ2) is 5.55. The molecular weight excluding hydrogens is 226 g/mol. The number of rotatable bonds is 6. The van der Waals surface area contributed by atoms with Crippen molar-refractivity contribution in [2.24, 2.45) is 5.92 Å². The average molecular weight is 249 g/mol. The summed E-state index contributed by atoms with van der Waals surface area (Å²) in [5.41, 5.74) is 1.24. The molecular formula is C14H23N3O. The molecule has 0 spiro atoms. The molecule has 1 aromatic heterocycles. The Bertz CT molecular complexity index is 419. The molecule has 4 heteroatoms. The molecule has 1 fully saturated rings. The van der Waals surface area contributed by atoms with Crippen LogP contribution in [0.25, 0.3) is 0 Å². The lowest BCUT2D eigenvalue weighted by Gasteiger charge is -2.10. The lowest BCUT2D eigenvalue weighted by Crippen LogP contribution is -2.27. The predicted octanol–water partition coefficient (Wildman–Crippen LogP) is 2.23. The summed E-state index contributed by atoms with van der Waals surface area (Å²) in [6.07, 6.45) is 5.90. The minimum atomic E-state index is 0.145. The average Bonchev–Trinajstić information content (AvgIpc) is 3.03. The Labute approximate surface area is 109 Å². The van der Waals surface area contributed by atoms with E-state index in [2.05, 4.69) is 35.6 Å². The number of carbonyl (C=O) groups is 1. The SMILES string of the molecule is Cc1cnc(CCNC(=O)CC(C)C)n1C1CC1. The van der Waals surface area contributed by atoms with Gasteiger partial charge in [-0.1, -0.05) is 13.8 Å². The van der Waals surface area contributed by atoms with Crippen LogP contribution in [-0.2, 0) is 11.2 Å². The Kier molecular flexibility index (Phi) is 4.04. The summed E-state index contributed by atoms with van der Waals surface area (Å²) in [7, 11) is 0. The number of amides is 1. The molecule has 1 saturated carbocycles. The van der Waals surface area contributed by atoms with Gasteiger partial charge < -0.3 is 9.88 Å². The monoisotopic (exact) mass is 249 g/mol. The van der Waals surface area contributed by atoms with Gasteiger partial charge in [-0.25, -0.2) is 4.98 Å². The molecule has 2 rings (SSSR count). The highest BCUT2D eigenvalue weighted by molar-refractivity contribution is 5.76. The molecule has 0 radical (unpaired) electrons. The van der Waals surface area contributed by atoms with Gasteiger partial charge in [0.1, 0.15) is 5.82 Å². The van der Waals surface area contributed by atoms with Crippen LogP contribution in [0.4, 0.5) is 0 Å². The van der Waals surface area contributed by atoms with Crippen LogP contribution in [-0.4, -0.2) is 22.0 Å². The molecule has 0 saturated heterocycles. The lowest BCUT2D eigenvalue weighted by molar-refractivity contribution is -0.121. The molecule has 1 aromatic rings. The van der Waals surface area contributed by atoms with Gasteiger partial charge >= 0.3 is 0 Å². The van der Waals surface area contributed by atoms with Crippen LogP contribution in [0.2, 0.25) is 0 Å². The summed E-state index contributed by atoms with van der Waals surface area (Å²) in [5.74, 6) is 1.67. The molecule has 1 amide bonds. The molecule has 1 heterocycles. The first-order valence-corrected chi connectivity index (χ1v) is 6.87. The summed E-state index contributed by atoms with van der Waals surface area (Å²) in [4.78, 5) is 16.0. The van der Waals surface area contributed by atoms with E-state index in [1.165, 1.54) is 18.5 Å². The summed E-state index contributed by atoms with van der Waals surface area (Å²) in [5, 5.41) is 2.97. The maximum atomic E-state index is 11.5. The van der Waals surface area contributed by atoms with Crippen molar-refractivity contribution in [3.63, 3.8) is 0 Å². The molecule has 18 heavy (non-hydrogen) atoms. The maximum Gasteiger partial charge on any atom is 0.220 e. The Morgan fingerprint density at radius 2 is 2.28 bits per heavy atom. The van der Waals surface area contributed by atoms with E-state index in [0.717, 1.165) is 12.2 Å². The van der Waals surface area contributed by atoms with Crippen LogP contribution in [0.5, 0.6) is 0 Å². The molecule has 0 aromatic carbocycles. The first kappa shape index (κ1) is 13.1. The third-order valence-corrected chi connectivity index (χ3v) is 3.23. The highest BCUT2D eigenvalue weighted by atomic mass is 16.1. The van der Waals surface area contributed by atoms with Crippen LogP contribution >= 0.6 is 0 Å². The molecule has 0 aliphatic heterocycles. The smallest absolute Gasteiger partial charge is 0.220 e. The quantitative estimate of drug-likeness (QED) is 0.840. The number of hydrogen-bond acceptors (Lipinski definition) is 2. The maximum absolute atomic E-state index is 11.5. The molecule has 0 atom stereocenters. The van der Waals surface area contributed by atoms with Gasteiger partial charge in [0.2, 0.25) is 5.91 Å². The van der Waals surface area contributed by atoms with Gasteiger partial charge in [0.25, 0.3) is 0 Å². The zero-order valence-electron chi connectivity index (χ0n) is 11.6. The van der Waals surface area contributed by atoms with Crippen molar-refractivity contribution in [1.29, 1.82) is 0 Å². The second-order valence-corrected chi connectivity index (χ2v) is 5.61. The number of nitrogens with zero attached hydrogens (tertiary/aromatic N) is 2. The third-order valence-electron chi connectivity index (χ3n) is 3.23. The highest BCUT2D eigenvalue weighted by Gasteiger charge is 2.26. The summed E-state index contributed by atoms with van der Waals surface area (Å²) in [6.45, 7) is 6.91. The van der Waals surface area contributed by atoms with Gasteiger partial charge in [0, 0.05) is 37.3 Å². The van der Waals surface area contributed by atoms with Crippen LogP contribution in [0.1, 0.15) is 50.7 Å². The number of imidazole rings is 1. The summed E-state index contributed by atoms with van der Waals surface area (Å²) in [6, 6.07) is 0.661. The van der Waals surface area contributed by atoms with Gasteiger partial charge in [-0.2, -0.15) is 0 Å². The van der Waals surface area contributed by atoms with Crippen molar-refractivity contribution in [2.45, 2.75) is 52.5 Å². The zero-order valence-corrected chi connectivity index (χ0v) is 11.6. The van der Waals surface area contributed by atoms with Crippen LogP contribution in [0.3, 0.4) is 0 Å². The number of carbonyl (C=O) groups excluding carboxylic acids is 1. The first-order valence-electron chi connectivity index (χ1n) is 6.87. The van der Waals surface area contributed by atoms with Gasteiger partial charge in [-0.3, -0.25) is 4.79 Å². The number of hydrogen-bond donors (Lipinski definition) is 1. The number of nitrogens with one attached hydrogen (secondary N) is 1. The van der Waals surface area contributed by atoms with E-state index >= 15 is 0 Å². The first-order chi connectivity index (χ1) is 8.58. The van der Waals surface area contributed by atoms with Gasteiger partial charge in [-0.05, 0) is 25.7 Å².